The fourth-order valence-corrected chi connectivity index (χ4v) is 2.24. The third-order valence-electron chi connectivity index (χ3n) is 1.79. The summed E-state index contributed by atoms with van der Waals surface area (Å²) in [6.07, 6.45) is 0. The molecule has 1 aliphatic heterocycles. The van der Waals surface area contributed by atoms with Crippen LogP contribution in [-0.2, 0) is 27.6 Å². The smallest absolute Gasteiger partial charge is 0.160 e. The van der Waals surface area contributed by atoms with Gasteiger partial charge in [0.1, 0.15) is 0 Å². The molecular formula is C8H7ClO2S. The second-order valence-corrected chi connectivity index (χ2v) is 4.19. The summed E-state index contributed by atoms with van der Waals surface area (Å²) in [4.78, 5) is 0. The Balaban J connectivity index is 2.43. The molecule has 4 heteroatoms. The molecule has 1 unspecified atom stereocenters. The van der Waals surface area contributed by atoms with Crippen LogP contribution in [0.25, 0.3) is 0 Å². The maximum atomic E-state index is 11.0. The largest absolute Gasteiger partial charge is 0.285 e. The maximum absolute atomic E-state index is 11.0. The van der Waals surface area contributed by atoms with Crippen LogP contribution in [0.4, 0.5) is 0 Å². The van der Waals surface area contributed by atoms with Gasteiger partial charge in [-0.25, -0.2) is 4.21 Å². The highest BCUT2D eigenvalue weighted by Gasteiger charge is 2.14. The average molecular weight is 203 g/mol. The van der Waals surface area contributed by atoms with Crippen LogP contribution in [0.5, 0.6) is 0 Å². The van der Waals surface area contributed by atoms with Crippen molar-refractivity contribution in [1.29, 1.82) is 0 Å². The normalized spacial score (nSPS) is 21.9. The summed E-state index contributed by atoms with van der Waals surface area (Å²) in [6.45, 7) is 0.405. The minimum Gasteiger partial charge on any atom is -0.285 e. The van der Waals surface area contributed by atoms with Crippen LogP contribution in [0, 0.1) is 0 Å². The molecule has 1 aliphatic rings. The number of fused-ring (bicyclic) bond motifs is 1. The Morgan fingerprint density at radius 3 is 3.08 bits per heavy atom. The zero-order chi connectivity index (χ0) is 8.55. The first-order chi connectivity index (χ1) is 5.75. The first-order valence-corrected chi connectivity index (χ1v) is 5.17. The predicted molar refractivity (Wildman–Crippen MR) is 48.1 cm³/mol. The van der Waals surface area contributed by atoms with E-state index in [-0.39, 0.29) is 0 Å². The van der Waals surface area contributed by atoms with Crippen molar-refractivity contribution in [2.75, 3.05) is 0 Å². The fraction of sp³-hybridized carbons (Fsp3) is 0.250. The Morgan fingerprint density at radius 1 is 1.42 bits per heavy atom. The number of rotatable bonds is 0. The van der Waals surface area contributed by atoms with E-state index in [1.165, 1.54) is 0 Å². The van der Waals surface area contributed by atoms with Crippen LogP contribution in [0.2, 0.25) is 5.02 Å². The molecule has 0 radical (unpaired) electrons. The van der Waals surface area contributed by atoms with Crippen LogP contribution in [0.3, 0.4) is 0 Å². The highest BCUT2D eigenvalue weighted by molar-refractivity contribution is 7.79. The van der Waals surface area contributed by atoms with Gasteiger partial charge in [-0.3, -0.25) is 4.18 Å². The zero-order valence-electron chi connectivity index (χ0n) is 6.25. The van der Waals surface area contributed by atoms with Gasteiger partial charge >= 0.3 is 0 Å². The first kappa shape index (κ1) is 8.23. The van der Waals surface area contributed by atoms with E-state index in [1.54, 1.807) is 0 Å². The van der Waals surface area contributed by atoms with E-state index in [0.29, 0.717) is 17.4 Å². The molecule has 12 heavy (non-hydrogen) atoms. The molecule has 1 heterocycles. The third-order valence-corrected chi connectivity index (χ3v) is 2.95. The van der Waals surface area contributed by atoms with E-state index in [2.05, 4.69) is 0 Å². The minimum atomic E-state index is -1.15. The van der Waals surface area contributed by atoms with Crippen LogP contribution in [0.15, 0.2) is 18.2 Å². The molecule has 2 rings (SSSR count). The van der Waals surface area contributed by atoms with E-state index in [0.717, 1.165) is 11.1 Å². The Morgan fingerprint density at radius 2 is 2.25 bits per heavy atom. The molecule has 64 valence electrons. The van der Waals surface area contributed by atoms with Gasteiger partial charge in [-0.05, 0) is 23.3 Å². The van der Waals surface area contributed by atoms with Gasteiger partial charge in [0.05, 0.1) is 12.4 Å². The fourth-order valence-electron chi connectivity index (χ4n) is 1.17. The summed E-state index contributed by atoms with van der Waals surface area (Å²) in [5.74, 6) is 0.479. The lowest BCUT2D eigenvalue weighted by atomic mass is 10.1. The molecule has 1 atom stereocenters. The molecule has 0 amide bonds. The van der Waals surface area contributed by atoms with Crippen molar-refractivity contribution in [1.82, 2.24) is 0 Å². The Kier molecular flexibility index (Phi) is 2.17. The summed E-state index contributed by atoms with van der Waals surface area (Å²) >= 11 is 4.63. The van der Waals surface area contributed by atoms with Crippen LogP contribution in [0.1, 0.15) is 11.1 Å². The van der Waals surface area contributed by atoms with Crippen molar-refractivity contribution < 1.29 is 8.39 Å². The number of benzene rings is 1. The Hall–Kier alpha value is -0.380. The Bertz CT molecular complexity index is 338. The van der Waals surface area contributed by atoms with Crippen molar-refractivity contribution in [3.63, 3.8) is 0 Å². The van der Waals surface area contributed by atoms with Gasteiger partial charge in [-0.2, -0.15) is 0 Å². The van der Waals surface area contributed by atoms with Crippen molar-refractivity contribution in [2.24, 2.45) is 0 Å². The van der Waals surface area contributed by atoms with E-state index in [1.807, 2.05) is 18.2 Å². The topological polar surface area (TPSA) is 26.3 Å². The van der Waals surface area contributed by atoms with Gasteiger partial charge in [0, 0.05) is 5.02 Å². The van der Waals surface area contributed by atoms with Gasteiger partial charge in [-0.15, -0.1) is 0 Å². The molecule has 0 aliphatic carbocycles. The molecule has 0 bridgehead atoms. The van der Waals surface area contributed by atoms with Gasteiger partial charge in [0.2, 0.25) is 0 Å². The Labute approximate surface area is 78.2 Å². The third kappa shape index (κ3) is 1.53. The summed E-state index contributed by atoms with van der Waals surface area (Å²) < 4.78 is 15.9. The number of halogens is 1. The van der Waals surface area contributed by atoms with E-state index in [9.17, 15) is 4.21 Å². The standard InChI is InChI=1S/C8H7ClO2S/c9-8-2-1-6-5-12(10)11-4-7(6)3-8/h1-3H,4-5H2. The van der Waals surface area contributed by atoms with Crippen molar-refractivity contribution in [2.45, 2.75) is 12.4 Å². The molecule has 1 aromatic carbocycles. The zero-order valence-corrected chi connectivity index (χ0v) is 7.82. The highest BCUT2D eigenvalue weighted by atomic mass is 35.5. The van der Waals surface area contributed by atoms with Crippen molar-refractivity contribution >= 4 is 22.7 Å². The quantitative estimate of drug-likeness (QED) is 0.644. The second-order valence-electron chi connectivity index (χ2n) is 2.62. The van der Waals surface area contributed by atoms with Crippen LogP contribution >= 0.6 is 11.6 Å². The second kappa shape index (κ2) is 3.17. The minimum absolute atomic E-state index is 0.405. The van der Waals surface area contributed by atoms with Crippen LogP contribution < -0.4 is 0 Å². The van der Waals surface area contributed by atoms with Gasteiger partial charge in [0.25, 0.3) is 0 Å². The van der Waals surface area contributed by atoms with E-state index in [4.69, 9.17) is 15.8 Å². The molecule has 0 fully saturated rings. The lowest BCUT2D eigenvalue weighted by Crippen LogP contribution is -2.10. The molecular weight excluding hydrogens is 196 g/mol. The SMILES string of the molecule is O=S1Cc2ccc(Cl)cc2CO1. The molecule has 0 saturated carbocycles. The van der Waals surface area contributed by atoms with Gasteiger partial charge < -0.3 is 0 Å². The molecule has 0 spiro atoms. The summed E-state index contributed by atoms with van der Waals surface area (Å²) in [6, 6.07) is 5.56. The maximum Gasteiger partial charge on any atom is 0.160 e. The molecule has 0 N–H and O–H groups in total. The lowest BCUT2D eigenvalue weighted by Gasteiger charge is -2.14. The molecule has 0 aromatic heterocycles. The van der Waals surface area contributed by atoms with E-state index < -0.39 is 11.1 Å². The van der Waals surface area contributed by atoms with E-state index >= 15 is 0 Å². The average Bonchev–Trinajstić information content (AvgIpc) is 2.05. The first-order valence-electron chi connectivity index (χ1n) is 3.54. The molecule has 0 saturated heterocycles. The van der Waals surface area contributed by atoms with Gasteiger partial charge in [0.15, 0.2) is 11.1 Å². The monoisotopic (exact) mass is 202 g/mol. The van der Waals surface area contributed by atoms with Crippen molar-refractivity contribution in [3.8, 4) is 0 Å². The van der Waals surface area contributed by atoms with Crippen LogP contribution in [-0.4, -0.2) is 4.21 Å². The van der Waals surface area contributed by atoms with Crippen molar-refractivity contribution in [3.05, 3.63) is 34.3 Å². The summed E-state index contributed by atoms with van der Waals surface area (Å²) in [5.41, 5.74) is 2.12. The summed E-state index contributed by atoms with van der Waals surface area (Å²) in [5, 5.41) is 0.699. The van der Waals surface area contributed by atoms with Gasteiger partial charge in [-0.1, -0.05) is 17.7 Å². The summed E-state index contributed by atoms with van der Waals surface area (Å²) in [7, 11) is 0. The molecule has 1 aromatic rings. The lowest BCUT2D eigenvalue weighted by molar-refractivity contribution is 0.328. The number of hydrogen-bond acceptors (Lipinski definition) is 2. The highest BCUT2D eigenvalue weighted by Crippen LogP contribution is 2.22. The number of hydrogen-bond donors (Lipinski definition) is 0. The molecule has 2 nitrogen and oxygen atoms in total. The predicted octanol–water partition coefficient (Wildman–Crippen LogP) is 2.03.